The number of amides is 1. The van der Waals surface area contributed by atoms with Gasteiger partial charge >= 0.3 is 0 Å². The lowest BCUT2D eigenvalue weighted by Gasteiger charge is -2.24. The van der Waals surface area contributed by atoms with Crippen molar-refractivity contribution in [1.29, 1.82) is 0 Å². The summed E-state index contributed by atoms with van der Waals surface area (Å²) in [5.74, 6) is -0.164. The fourth-order valence-electron chi connectivity index (χ4n) is 2.30. The van der Waals surface area contributed by atoms with Crippen molar-refractivity contribution in [2.45, 2.75) is 43.2 Å². The third-order valence-corrected chi connectivity index (χ3v) is 4.43. The molecule has 1 aliphatic heterocycles. The Labute approximate surface area is 124 Å². The Balaban J connectivity index is 2.06. The first-order valence-electron chi connectivity index (χ1n) is 6.92. The van der Waals surface area contributed by atoms with E-state index in [0.29, 0.717) is 12.2 Å². The summed E-state index contributed by atoms with van der Waals surface area (Å²) in [5, 5.41) is 7.95. The van der Waals surface area contributed by atoms with Crippen LogP contribution in [0.15, 0.2) is 29.2 Å². The fourth-order valence-corrected chi connectivity index (χ4v) is 2.87. The van der Waals surface area contributed by atoms with Crippen LogP contribution in [-0.2, 0) is 19.6 Å². The largest absolute Gasteiger partial charge is 0.368 e. The molecule has 1 saturated heterocycles. The van der Waals surface area contributed by atoms with Crippen molar-refractivity contribution in [3.8, 4) is 0 Å². The standard InChI is InChI=1S/C14H20N2O4S/c1-10(16-14(17)13-7-2-3-8-20-13)11-5-4-6-12(9-11)21(15,18)19/h4-6,9-10,13H,2-3,7-8H2,1H3,(H,16,17)(H2,15,18,19). The maximum Gasteiger partial charge on any atom is 0.249 e. The molecule has 0 bridgehead atoms. The Kier molecular flexibility index (Phi) is 4.97. The summed E-state index contributed by atoms with van der Waals surface area (Å²) in [6, 6.07) is 5.94. The predicted octanol–water partition coefficient (Wildman–Crippen LogP) is 1.08. The first-order chi connectivity index (χ1) is 9.88. The quantitative estimate of drug-likeness (QED) is 0.869. The summed E-state index contributed by atoms with van der Waals surface area (Å²) in [4.78, 5) is 12.1. The highest BCUT2D eigenvalue weighted by Gasteiger charge is 2.23. The Morgan fingerprint density at radius 3 is 2.81 bits per heavy atom. The van der Waals surface area contributed by atoms with E-state index in [0.717, 1.165) is 19.3 Å². The number of ether oxygens (including phenoxy) is 1. The van der Waals surface area contributed by atoms with Gasteiger partial charge in [0.15, 0.2) is 0 Å². The second kappa shape index (κ2) is 6.55. The first kappa shape index (κ1) is 15.9. The molecule has 0 radical (unpaired) electrons. The normalized spacial score (nSPS) is 20.8. The lowest BCUT2D eigenvalue weighted by molar-refractivity contribution is -0.136. The van der Waals surface area contributed by atoms with E-state index in [4.69, 9.17) is 9.88 Å². The third kappa shape index (κ3) is 4.26. The molecule has 0 aliphatic carbocycles. The second-order valence-electron chi connectivity index (χ2n) is 5.20. The Morgan fingerprint density at radius 1 is 1.43 bits per heavy atom. The zero-order valence-corrected chi connectivity index (χ0v) is 12.7. The average Bonchev–Trinajstić information content (AvgIpc) is 2.47. The molecule has 1 amide bonds. The Morgan fingerprint density at radius 2 is 2.19 bits per heavy atom. The van der Waals surface area contributed by atoms with E-state index in [1.54, 1.807) is 19.1 Å². The molecular weight excluding hydrogens is 292 g/mol. The molecule has 2 rings (SSSR count). The molecule has 21 heavy (non-hydrogen) atoms. The third-order valence-electron chi connectivity index (χ3n) is 3.52. The molecule has 1 heterocycles. The summed E-state index contributed by atoms with van der Waals surface area (Å²) in [5.41, 5.74) is 0.686. The van der Waals surface area contributed by atoms with Crippen LogP contribution in [0, 0.1) is 0 Å². The summed E-state index contributed by atoms with van der Waals surface area (Å²) in [7, 11) is -3.75. The Hall–Kier alpha value is -1.44. The molecule has 2 atom stereocenters. The van der Waals surface area contributed by atoms with Crippen molar-refractivity contribution < 1.29 is 17.9 Å². The van der Waals surface area contributed by atoms with Crippen LogP contribution < -0.4 is 10.5 Å². The van der Waals surface area contributed by atoms with E-state index >= 15 is 0 Å². The fraction of sp³-hybridized carbons (Fsp3) is 0.500. The van der Waals surface area contributed by atoms with Crippen LogP contribution in [0.25, 0.3) is 0 Å². The van der Waals surface area contributed by atoms with Crippen LogP contribution >= 0.6 is 0 Å². The van der Waals surface area contributed by atoms with Gasteiger partial charge in [-0.2, -0.15) is 0 Å². The highest BCUT2D eigenvalue weighted by atomic mass is 32.2. The molecule has 3 N–H and O–H groups in total. The maximum atomic E-state index is 12.1. The topological polar surface area (TPSA) is 98.5 Å². The molecule has 116 valence electrons. The number of benzene rings is 1. The lowest BCUT2D eigenvalue weighted by Crippen LogP contribution is -2.39. The predicted molar refractivity (Wildman–Crippen MR) is 78.0 cm³/mol. The van der Waals surface area contributed by atoms with Gasteiger partial charge in [0.25, 0.3) is 0 Å². The molecular formula is C14H20N2O4S. The zero-order valence-electron chi connectivity index (χ0n) is 11.9. The number of primary sulfonamides is 1. The van der Waals surface area contributed by atoms with E-state index < -0.39 is 16.1 Å². The van der Waals surface area contributed by atoms with E-state index in [2.05, 4.69) is 5.32 Å². The second-order valence-corrected chi connectivity index (χ2v) is 6.76. The smallest absolute Gasteiger partial charge is 0.249 e. The molecule has 0 saturated carbocycles. The molecule has 1 fully saturated rings. The minimum Gasteiger partial charge on any atom is -0.368 e. The van der Waals surface area contributed by atoms with E-state index in [1.165, 1.54) is 12.1 Å². The molecule has 1 aromatic carbocycles. The Bertz CT molecular complexity index is 609. The number of carbonyl (C=O) groups is 1. The van der Waals surface area contributed by atoms with Gasteiger partial charge in [-0.25, -0.2) is 13.6 Å². The minimum atomic E-state index is -3.75. The number of carbonyl (C=O) groups excluding carboxylic acids is 1. The number of rotatable bonds is 4. The lowest BCUT2D eigenvalue weighted by atomic mass is 10.1. The number of nitrogens with two attached hydrogens (primary N) is 1. The van der Waals surface area contributed by atoms with Crippen LogP contribution in [0.2, 0.25) is 0 Å². The van der Waals surface area contributed by atoms with Crippen LogP contribution in [0.1, 0.15) is 37.8 Å². The highest BCUT2D eigenvalue weighted by Crippen LogP contribution is 2.18. The first-order valence-corrected chi connectivity index (χ1v) is 8.47. The van der Waals surface area contributed by atoms with Crippen molar-refractivity contribution >= 4 is 15.9 Å². The van der Waals surface area contributed by atoms with Crippen molar-refractivity contribution in [2.75, 3.05) is 6.61 Å². The van der Waals surface area contributed by atoms with Crippen LogP contribution in [0.3, 0.4) is 0 Å². The van der Waals surface area contributed by atoms with Crippen molar-refractivity contribution in [2.24, 2.45) is 5.14 Å². The number of hydrogen-bond donors (Lipinski definition) is 2. The summed E-state index contributed by atoms with van der Waals surface area (Å²) < 4.78 is 28.1. The maximum absolute atomic E-state index is 12.1. The minimum absolute atomic E-state index is 0.0371. The van der Waals surface area contributed by atoms with Gasteiger partial charge in [-0.05, 0) is 43.9 Å². The van der Waals surface area contributed by atoms with Gasteiger partial charge in [0.05, 0.1) is 10.9 Å². The van der Waals surface area contributed by atoms with Gasteiger partial charge in [-0.15, -0.1) is 0 Å². The van der Waals surface area contributed by atoms with E-state index in [1.807, 2.05) is 0 Å². The van der Waals surface area contributed by atoms with Gasteiger partial charge in [0.2, 0.25) is 15.9 Å². The number of nitrogens with one attached hydrogen (secondary N) is 1. The van der Waals surface area contributed by atoms with Crippen molar-refractivity contribution in [3.05, 3.63) is 29.8 Å². The molecule has 2 unspecified atom stereocenters. The molecule has 7 heteroatoms. The van der Waals surface area contributed by atoms with Crippen LogP contribution in [-0.4, -0.2) is 27.0 Å². The molecule has 6 nitrogen and oxygen atoms in total. The van der Waals surface area contributed by atoms with Gasteiger partial charge in [-0.1, -0.05) is 12.1 Å². The SMILES string of the molecule is CC(NC(=O)C1CCCCO1)c1cccc(S(N)(=O)=O)c1. The number of sulfonamides is 1. The zero-order chi connectivity index (χ0) is 15.5. The van der Waals surface area contributed by atoms with Gasteiger partial charge in [0, 0.05) is 6.61 Å². The van der Waals surface area contributed by atoms with Crippen molar-refractivity contribution in [1.82, 2.24) is 5.32 Å². The molecule has 1 aromatic rings. The molecule has 0 spiro atoms. The van der Waals surface area contributed by atoms with E-state index in [9.17, 15) is 13.2 Å². The van der Waals surface area contributed by atoms with Gasteiger partial charge in [0.1, 0.15) is 6.10 Å². The monoisotopic (exact) mass is 312 g/mol. The van der Waals surface area contributed by atoms with Crippen LogP contribution in [0.4, 0.5) is 0 Å². The average molecular weight is 312 g/mol. The van der Waals surface area contributed by atoms with Crippen LogP contribution in [0.5, 0.6) is 0 Å². The highest BCUT2D eigenvalue weighted by molar-refractivity contribution is 7.89. The summed E-state index contributed by atoms with van der Waals surface area (Å²) in [6.45, 7) is 2.40. The number of hydrogen-bond acceptors (Lipinski definition) is 4. The molecule has 0 aromatic heterocycles. The van der Waals surface area contributed by atoms with E-state index in [-0.39, 0.29) is 16.8 Å². The molecule has 1 aliphatic rings. The summed E-state index contributed by atoms with van der Waals surface area (Å²) in [6.07, 6.45) is 2.27. The van der Waals surface area contributed by atoms with Crippen molar-refractivity contribution in [3.63, 3.8) is 0 Å². The van der Waals surface area contributed by atoms with Gasteiger partial charge in [-0.3, -0.25) is 4.79 Å². The summed E-state index contributed by atoms with van der Waals surface area (Å²) >= 11 is 0. The van der Waals surface area contributed by atoms with Gasteiger partial charge < -0.3 is 10.1 Å².